The lowest BCUT2D eigenvalue weighted by Crippen LogP contribution is -2.19. The zero-order valence-electron chi connectivity index (χ0n) is 12.4. The highest BCUT2D eigenvalue weighted by molar-refractivity contribution is 5.24. The molecule has 102 valence electrons. The first kappa shape index (κ1) is 15.1. The first-order valence-electron chi connectivity index (χ1n) is 6.73. The Balaban J connectivity index is 2.71. The van der Waals surface area contributed by atoms with Crippen molar-refractivity contribution in [3.05, 3.63) is 22.8 Å². The number of aryl methyl sites for hydroxylation is 2. The number of nitrogens with zero attached hydrogens (tertiary/aromatic N) is 3. The highest BCUT2D eigenvalue weighted by atomic mass is 15.1. The molecule has 0 bridgehead atoms. The van der Waals surface area contributed by atoms with Crippen molar-refractivity contribution < 1.29 is 0 Å². The fourth-order valence-corrected chi connectivity index (χ4v) is 2.00. The molecular formula is C14H26N4. The van der Waals surface area contributed by atoms with E-state index in [0.29, 0.717) is 0 Å². The molecule has 0 aliphatic heterocycles. The van der Waals surface area contributed by atoms with E-state index >= 15 is 0 Å². The fourth-order valence-electron chi connectivity index (χ4n) is 2.00. The second kappa shape index (κ2) is 7.44. The summed E-state index contributed by atoms with van der Waals surface area (Å²) in [4.78, 5) is 11.4. The van der Waals surface area contributed by atoms with Gasteiger partial charge in [0.15, 0.2) is 0 Å². The van der Waals surface area contributed by atoms with Crippen LogP contribution in [0.1, 0.15) is 29.7 Å². The van der Waals surface area contributed by atoms with E-state index in [0.717, 1.165) is 49.7 Å². The van der Waals surface area contributed by atoms with Crippen LogP contribution < -0.4 is 5.32 Å². The third-order valence-corrected chi connectivity index (χ3v) is 3.05. The van der Waals surface area contributed by atoms with Crippen LogP contribution in [0.5, 0.6) is 0 Å². The zero-order valence-corrected chi connectivity index (χ0v) is 12.4. The van der Waals surface area contributed by atoms with E-state index in [1.165, 1.54) is 5.56 Å². The number of nitrogens with one attached hydrogen (secondary N) is 1. The minimum atomic E-state index is 0.919. The molecule has 18 heavy (non-hydrogen) atoms. The predicted octanol–water partition coefficient (Wildman–Crippen LogP) is 1.35. The molecule has 0 aromatic carbocycles. The maximum absolute atomic E-state index is 4.62. The van der Waals surface area contributed by atoms with Crippen molar-refractivity contribution in [2.24, 2.45) is 0 Å². The Kier molecular flexibility index (Phi) is 6.22. The molecule has 0 saturated carbocycles. The lowest BCUT2D eigenvalue weighted by atomic mass is 10.1. The number of likely N-dealkylation sites (N-methyl/N-ethyl adjacent to an activating group) is 2. The van der Waals surface area contributed by atoms with Gasteiger partial charge in [-0.3, -0.25) is 0 Å². The second-order valence-corrected chi connectivity index (χ2v) is 4.95. The van der Waals surface area contributed by atoms with Gasteiger partial charge in [0.25, 0.3) is 0 Å². The van der Waals surface area contributed by atoms with Crippen LogP contribution in [0, 0.1) is 13.8 Å². The second-order valence-electron chi connectivity index (χ2n) is 4.95. The van der Waals surface area contributed by atoms with Crippen molar-refractivity contribution in [2.45, 2.75) is 33.6 Å². The van der Waals surface area contributed by atoms with Crippen LogP contribution in [-0.2, 0) is 12.8 Å². The molecule has 4 heteroatoms. The van der Waals surface area contributed by atoms with Crippen LogP contribution in [0.4, 0.5) is 0 Å². The lowest BCUT2D eigenvalue weighted by molar-refractivity contribution is 0.409. The summed E-state index contributed by atoms with van der Waals surface area (Å²) >= 11 is 0. The molecule has 4 nitrogen and oxygen atoms in total. The van der Waals surface area contributed by atoms with Gasteiger partial charge in [-0.25, -0.2) is 9.97 Å². The molecule has 1 aromatic heterocycles. The van der Waals surface area contributed by atoms with E-state index in [2.05, 4.69) is 55.1 Å². The summed E-state index contributed by atoms with van der Waals surface area (Å²) in [7, 11) is 4.15. The van der Waals surface area contributed by atoms with E-state index in [1.807, 2.05) is 0 Å². The molecule has 0 fully saturated rings. The van der Waals surface area contributed by atoms with Gasteiger partial charge >= 0.3 is 0 Å². The zero-order chi connectivity index (χ0) is 13.5. The minimum Gasteiger partial charge on any atom is -0.317 e. The quantitative estimate of drug-likeness (QED) is 0.742. The Morgan fingerprint density at radius 2 is 1.67 bits per heavy atom. The summed E-state index contributed by atoms with van der Waals surface area (Å²) in [6.45, 7) is 9.32. The molecule has 0 unspecified atom stereocenters. The Morgan fingerprint density at radius 3 is 2.17 bits per heavy atom. The third kappa shape index (κ3) is 4.70. The molecule has 1 N–H and O–H groups in total. The van der Waals surface area contributed by atoms with Crippen LogP contribution in [0.2, 0.25) is 0 Å². The minimum absolute atomic E-state index is 0.919. The molecule has 1 aromatic rings. The monoisotopic (exact) mass is 250 g/mol. The van der Waals surface area contributed by atoms with Gasteiger partial charge in [-0.15, -0.1) is 0 Å². The van der Waals surface area contributed by atoms with Crippen LogP contribution >= 0.6 is 0 Å². The molecule has 0 amide bonds. The van der Waals surface area contributed by atoms with E-state index in [4.69, 9.17) is 0 Å². The molecular weight excluding hydrogens is 224 g/mol. The van der Waals surface area contributed by atoms with Gasteiger partial charge in [0.2, 0.25) is 0 Å². The van der Waals surface area contributed by atoms with Crippen molar-refractivity contribution >= 4 is 0 Å². The first-order chi connectivity index (χ1) is 8.54. The molecule has 1 rings (SSSR count). The summed E-state index contributed by atoms with van der Waals surface area (Å²) in [6.07, 6.45) is 1.93. The SMILES string of the molecule is CCNCCc1c(C)nc(CCN(C)C)nc1C. The summed E-state index contributed by atoms with van der Waals surface area (Å²) in [5, 5.41) is 3.34. The van der Waals surface area contributed by atoms with Gasteiger partial charge in [0.1, 0.15) is 5.82 Å². The third-order valence-electron chi connectivity index (χ3n) is 3.05. The smallest absolute Gasteiger partial charge is 0.130 e. The molecule has 0 aliphatic rings. The molecule has 0 saturated heterocycles. The van der Waals surface area contributed by atoms with Gasteiger partial charge in [-0.05, 0) is 53.0 Å². The maximum atomic E-state index is 4.62. The van der Waals surface area contributed by atoms with Gasteiger partial charge in [0.05, 0.1) is 0 Å². The number of rotatable bonds is 7. The largest absolute Gasteiger partial charge is 0.317 e. The van der Waals surface area contributed by atoms with Crippen LogP contribution in [0.25, 0.3) is 0 Å². The first-order valence-corrected chi connectivity index (χ1v) is 6.73. The molecule has 0 atom stereocenters. The Hall–Kier alpha value is -1.00. The van der Waals surface area contributed by atoms with Crippen molar-refractivity contribution in [3.8, 4) is 0 Å². The van der Waals surface area contributed by atoms with E-state index in [9.17, 15) is 0 Å². The Labute approximate surface area is 111 Å². The highest BCUT2D eigenvalue weighted by Crippen LogP contribution is 2.11. The van der Waals surface area contributed by atoms with Crippen molar-refractivity contribution in [1.82, 2.24) is 20.2 Å². The molecule has 0 spiro atoms. The van der Waals surface area contributed by atoms with Gasteiger partial charge in [-0.2, -0.15) is 0 Å². The molecule has 1 heterocycles. The van der Waals surface area contributed by atoms with Gasteiger partial charge < -0.3 is 10.2 Å². The normalized spacial score (nSPS) is 11.2. The van der Waals surface area contributed by atoms with E-state index < -0.39 is 0 Å². The van der Waals surface area contributed by atoms with Gasteiger partial charge in [-0.1, -0.05) is 6.92 Å². The maximum Gasteiger partial charge on any atom is 0.130 e. The average Bonchev–Trinajstić information content (AvgIpc) is 2.30. The van der Waals surface area contributed by atoms with Gasteiger partial charge in [0, 0.05) is 24.4 Å². The highest BCUT2D eigenvalue weighted by Gasteiger charge is 2.08. The predicted molar refractivity (Wildman–Crippen MR) is 76.0 cm³/mol. The lowest BCUT2D eigenvalue weighted by Gasteiger charge is -2.13. The average molecular weight is 250 g/mol. The summed E-state index contributed by atoms with van der Waals surface area (Å²) in [5.74, 6) is 0.964. The number of aromatic nitrogens is 2. The van der Waals surface area contributed by atoms with Crippen molar-refractivity contribution in [3.63, 3.8) is 0 Å². The van der Waals surface area contributed by atoms with Crippen LogP contribution in [0.3, 0.4) is 0 Å². The summed E-state index contributed by atoms with van der Waals surface area (Å²) < 4.78 is 0. The molecule has 0 aliphatic carbocycles. The Morgan fingerprint density at radius 1 is 1.06 bits per heavy atom. The number of hydrogen-bond acceptors (Lipinski definition) is 4. The Bertz CT molecular complexity index is 351. The summed E-state index contributed by atoms with van der Waals surface area (Å²) in [5.41, 5.74) is 3.56. The van der Waals surface area contributed by atoms with Crippen LogP contribution in [-0.4, -0.2) is 48.6 Å². The standard InChI is InChI=1S/C14H26N4/c1-6-15-9-7-13-11(2)16-14(17-12(13)3)8-10-18(4)5/h15H,6-10H2,1-5H3. The topological polar surface area (TPSA) is 41.1 Å². The number of hydrogen-bond donors (Lipinski definition) is 1. The van der Waals surface area contributed by atoms with Crippen molar-refractivity contribution in [2.75, 3.05) is 33.7 Å². The van der Waals surface area contributed by atoms with E-state index in [-0.39, 0.29) is 0 Å². The van der Waals surface area contributed by atoms with Crippen LogP contribution in [0.15, 0.2) is 0 Å². The van der Waals surface area contributed by atoms with E-state index in [1.54, 1.807) is 0 Å². The summed E-state index contributed by atoms with van der Waals surface area (Å²) in [6, 6.07) is 0. The molecule has 0 radical (unpaired) electrons. The van der Waals surface area contributed by atoms with Crippen molar-refractivity contribution in [1.29, 1.82) is 0 Å². The fraction of sp³-hybridized carbons (Fsp3) is 0.714.